The van der Waals surface area contributed by atoms with Crippen LogP contribution in [0.25, 0.3) is 0 Å². The molecule has 0 atom stereocenters. The third kappa shape index (κ3) is 5.04. The Hall–Kier alpha value is -1.89. The summed E-state index contributed by atoms with van der Waals surface area (Å²) in [7, 11) is -3.31. The lowest BCUT2D eigenvalue weighted by Gasteiger charge is -2.35. The van der Waals surface area contributed by atoms with Crippen molar-refractivity contribution >= 4 is 27.3 Å². The van der Waals surface area contributed by atoms with Crippen LogP contribution in [0.3, 0.4) is 0 Å². The molecule has 1 saturated heterocycles. The van der Waals surface area contributed by atoms with Gasteiger partial charge in [0.25, 0.3) is 0 Å². The van der Waals surface area contributed by atoms with Gasteiger partial charge in [0, 0.05) is 36.4 Å². The van der Waals surface area contributed by atoms with Gasteiger partial charge in [-0.3, -0.25) is 9.59 Å². The molecule has 2 amide bonds. The van der Waals surface area contributed by atoms with Crippen molar-refractivity contribution in [2.24, 2.45) is 11.3 Å². The van der Waals surface area contributed by atoms with Crippen molar-refractivity contribution in [2.45, 2.75) is 38.5 Å². The Balaban J connectivity index is 1.97. The number of anilines is 1. The van der Waals surface area contributed by atoms with Crippen LogP contribution in [0.4, 0.5) is 5.69 Å². The lowest BCUT2D eigenvalue weighted by Crippen LogP contribution is -2.45. The van der Waals surface area contributed by atoms with Crippen LogP contribution in [0.15, 0.2) is 29.2 Å². The number of amides is 2. The van der Waals surface area contributed by atoms with E-state index in [4.69, 9.17) is 0 Å². The van der Waals surface area contributed by atoms with Crippen LogP contribution in [0, 0.1) is 11.3 Å². The quantitative estimate of drug-likeness (QED) is 0.890. The fourth-order valence-corrected chi connectivity index (χ4v) is 3.53. The number of carbonyl (C=O) groups is 2. The fraction of sp³-hybridized carbons (Fsp3) is 0.556. The number of nitrogens with zero attached hydrogens (tertiary/aromatic N) is 1. The standard InChI is InChI=1S/C18H26N2O4S/c1-18(2,3)17(22)20-10-8-13(9-11-20)16(21)19-14-6-5-7-15(12-14)25(4,23)24/h5-7,12-13H,8-11H2,1-4H3,(H,19,21). The number of rotatable bonds is 3. The first-order valence-electron chi connectivity index (χ1n) is 8.39. The third-order valence-electron chi connectivity index (χ3n) is 4.32. The van der Waals surface area contributed by atoms with Crippen molar-refractivity contribution in [3.8, 4) is 0 Å². The molecule has 1 heterocycles. The highest BCUT2D eigenvalue weighted by Gasteiger charge is 2.32. The van der Waals surface area contributed by atoms with E-state index < -0.39 is 15.3 Å². The van der Waals surface area contributed by atoms with Crippen molar-refractivity contribution in [2.75, 3.05) is 24.7 Å². The second-order valence-electron chi connectivity index (χ2n) is 7.61. The van der Waals surface area contributed by atoms with Gasteiger partial charge in [-0.1, -0.05) is 26.8 Å². The molecule has 1 aliphatic rings. The van der Waals surface area contributed by atoms with E-state index in [1.165, 1.54) is 12.1 Å². The molecular weight excluding hydrogens is 340 g/mol. The van der Waals surface area contributed by atoms with Crippen molar-refractivity contribution < 1.29 is 18.0 Å². The van der Waals surface area contributed by atoms with E-state index in [1.807, 2.05) is 25.7 Å². The molecule has 1 fully saturated rings. The van der Waals surface area contributed by atoms with Gasteiger partial charge in [0.05, 0.1) is 4.90 Å². The molecule has 0 radical (unpaired) electrons. The molecule has 138 valence electrons. The summed E-state index contributed by atoms with van der Waals surface area (Å²) in [4.78, 5) is 26.7. The smallest absolute Gasteiger partial charge is 0.227 e. The van der Waals surface area contributed by atoms with Gasteiger partial charge in [0.15, 0.2) is 9.84 Å². The zero-order valence-corrected chi connectivity index (χ0v) is 16.0. The number of carbonyl (C=O) groups excluding carboxylic acids is 2. The SMILES string of the molecule is CC(C)(C)C(=O)N1CCC(C(=O)Nc2cccc(S(C)(=O)=O)c2)CC1. The van der Waals surface area contributed by atoms with Gasteiger partial charge in [-0.15, -0.1) is 0 Å². The number of likely N-dealkylation sites (tertiary alicyclic amines) is 1. The van der Waals surface area contributed by atoms with Gasteiger partial charge < -0.3 is 10.2 Å². The van der Waals surface area contributed by atoms with Gasteiger partial charge >= 0.3 is 0 Å². The van der Waals surface area contributed by atoms with Crippen molar-refractivity contribution in [1.82, 2.24) is 4.90 Å². The van der Waals surface area contributed by atoms with Gasteiger partial charge in [-0.05, 0) is 31.0 Å². The molecule has 7 heteroatoms. The normalized spacial score (nSPS) is 16.6. The molecule has 2 rings (SSSR count). The maximum atomic E-state index is 12.4. The summed E-state index contributed by atoms with van der Waals surface area (Å²) < 4.78 is 23.2. The molecule has 0 aliphatic carbocycles. The van der Waals surface area contributed by atoms with E-state index >= 15 is 0 Å². The fourth-order valence-electron chi connectivity index (χ4n) is 2.87. The average molecular weight is 366 g/mol. The minimum Gasteiger partial charge on any atom is -0.342 e. The molecule has 1 aromatic rings. The van der Waals surface area contributed by atoms with Crippen molar-refractivity contribution in [3.05, 3.63) is 24.3 Å². The zero-order valence-electron chi connectivity index (χ0n) is 15.2. The highest BCUT2D eigenvalue weighted by Crippen LogP contribution is 2.25. The van der Waals surface area contributed by atoms with Crippen LogP contribution in [-0.4, -0.2) is 44.5 Å². The van der Waals surface area contributed by atoms with Gasteiger partial charge in [0.1, 0.15) is 0 Å². The molecule has 25 heavy (non-hydrogen) atoms. The number of benzene rings is 1. The summed E-state index contributed by atoms with van der Waals surface area (Å²) in [5.41, 5.74) is 0.0578. The Labute approximate surface area is 149 Å². The highest BCUT2D eigenvalue weighted by atomic mass is 32.2. The monoisotopic (exact) mass is 366 g/mol. The summed E-state index contributed by atoms with van der Waals surface area (Å²) in [5, 5.41) is 2.79. The van der Waals surface area contributed by atoms with Crippen LogP contribution in [0.2, 0.25) is 0 Å². The molecule has 0 bridgehead atoms. The zero-order chi connectivity index (χ0) is 18.8. The summed E-state index contributed by atoms with van der Waals surface area (Å²) in [6, 6.07) is 6.24. The van der Waals surface area contributed by atoms with Crippen LogP contribution in [0.5, 0.6) is 0 Å². The third-order valence-corrected chi connectivity index (χ3v) is 5.43. The minimum absolute atomic E-state index is 0.104. The predicted molar refractivity (Wildman–Crippen MR) is 96.9 cm³/mol. The molecule has 0 unspecified atom stereocenters. The molecule has 1 aliphatic heterocycles. The van der Waals surface area contributed by atoms with Crippen LogP contribution in [0.1, 0.15) is 33.6 Å². The highest BCUT2D eigenvalue weighted by molar-refractivity contribution is 7.90. The van der Waals surface area contributed by atoms with Gasteiger partial charge in [-0.2, -0.15) is 0 Å². The van der Waals surface area contributed by atoms with E-state index in [2.05, 4.69) is 5.32 Å². The van der Waals surface area contributed by atoms with Crippen molar-refractivity contribution in [3.63, 3.8) is 0 Å². The molecule has 0 aromatic heterocycles. The Bertz CT molecular complexity index is 758. The van der Waals surface area contributed by atoms with Crippen LogP contribution in [-0.2, 0) is 19.4 Å². The Morgan fingerprint density at radius 2 is 1.76 bits per heavy atom. The molecule has 6 nitrogen and oxygen atoms in total. The average Bonchev–Trinajstić information content (AvgIpc) is 2.53. The van der Waals surface area contributed by atoms with E-state index in [0.29, 0.717) is 31.6 Å². The summed E-state index contributed by atoms with van der Waals surface area (Å²) in [5.74, 6) is -0.202. The second-order valence-corrected chi connectivity index (χ2v) is 9.62. The molecule has 0 spiro atoms. The summed E-state index contributed by atoms with van der Waals surface area (Å²) in [6.45, 7) is 6.81. The van der Waals surface area contributed by atoms with Crippen LogP contribution >= 0.6 is 0 Å². The number of nitrogens with one attached hydrogen (secondary N) is 1. The van der Waals surface area contributed by atoms with E-state index in [9.17, 15) is 18.0 Å². The topological polar surface area (TPSA) is 83.6 Å². The maximum Gasteiger partial charge on any atom is 0.227 e. The first-order chi connectivity index (χ1) is 11.5. The lowest BCUT2D eigenvalue weighted by atomic mass is 9.90. The molecule has 0 saturated carbocycles. The lowest BCUT2D eigenvalue weighted by molar-refractivity contribution is -0.142. The largest absolute Gasteiger partial charge is 0.342 e. The Morgan fingerprint density at radius 1 is 1.16 bits per heavy atom. The summed E-state index contributed by atoms with van der Waals surface area (Å²) in [6.07, 6.45) is 2.36. The Morgan fingerprint density at radius 3 is 2.28 bits per heavy atom. The van der Waals surface area contributed by atoms with Gasteiger partial charge in [-0.25, -0.2) is 8.42 Å². The van der Waals surface area contributed by atoms with E-state index in [0.717, 1.165) is 6.26 Å². The molecule has 1 N–H and O–H groups in total. The summed E-state index contributed by atoms with van der Waals surface area (Å²) >= 11 is 0. The maximum absolute atomic E-state index is 12.4. The van der Waals surface area contributed by atoms with E-state index in [-0.39, 0.29) is 22.6 Å². The minimum atomic E-state index is -3.31. The van der Waals surface area contributed by atoms with Gasteiger partial charge in [0.2, 0.25) is 11.8 Å². The number of piperidine rings is 1. The number of hydrogen-bond acceptors (Lipinski definition) is 4. The number of hydrogen-bond donors (Lipinski definition) is 1. The second kappa shape index (κ2) is 7.15. The number of sulfone groups is 1. The Kier molecular flexibility index (Phi) is 5.56. The molecular formula is C18H26N2O4S. The predicted octanol–water partition coefficient (Wildman–Crippen LogP) is 2.31. The van der Waals surface area contributed by atoms with E-state index in [1.54, 1.807) is 12.1 Å². The van der Waals surface area contributed by atoms with Crippen molar-refractivity contribution in [1.29, 1.82) is 0 Å². The molecule has 1 aromatic carbocycles. The first-order valence-corrected chi connectivity index (χ1v) is 10.3. The van der Waals surface area contributed by atoms with Crippen LogP contribution < -0.4 is 5.32 Å². The first kappa shape index (κ1) is 19.4.